The smallest absolute Gasteiger partial charge is 0.291 e. The molecule has 3 aromatic rings. The predicted octanol–water partition coefficient (Wildman–Crippen LogP) is 4.36. The largest absolute Gasteiger partial charge is 0.295 e. The second kappa shape index (κ2) is 7.92. The van der Waals surface area contributed by atoms with E-state index in [-0.39, 0.29) is 5.91 Å². The Morgan fingerprint density at radius 1 is 0.958 bits per heavy atom. The Balaban J connectivity index is 1.85. The third-order valence-electron chi connectivity index (χ3n) is 3.42. The average Bonchev–Trinajstić information content (AvgIpc) is 2.64. The summed E-state index contributed by atoms with van der Waals surface area (Å²) in [5.74, 6) is -0.169. The highest BCUT2D eigenvalue weighted by atomic mass is 127. The number of nitrogens with one attached hydrogen (secondary N) is 1. The number of carbonyl (C=O) groups is 1. The summed E-state index contributed by atoms with van der Waals surface area (Å²) in [6, 6.07) is 23.1. The van der Waals surface area contributed by atoms with Gasteiger partial charge in [0.25, 0.3) is 5.91 Å². The van der Waals surface area contributed by atoms with Gasteiger partial charge in [-0.3, -0.25) is 15.2 Å². The van der Waals surface area contributed by atoms with E-state index in [9.17, 15) is 4.79 Å². The van der Waals surface area contributed by atoms with Crippen LogP contribution in [0, 0.1) is 3.57 Å². The number of para-hydroxylation sites is 1. The summed E-state index contributed by atoms with van der Waals surface area (Å²) in [6.45, 7) is 0.446. The number of nitrogens with zero attached hydrogens (tertiary/aromatic N) is 2. The van der Waals surface area contributed by atoms with Gasteiger partial charge in [-0.05, 0) is 64.6 Å². The number of halogens is 1. The molecule has 0 saturated heterocycles. The topological polar surface area (TPSA) is 45.2 Å². The molecule has 1 aromatic heterocycles. The van der Waals surface area contributed by atoms with Crippen molar-refractivity contribution < 1.29 is 4.79 Å². The fraction of sp³-hybridized carbons (Fsp3) is 0.0526. The molecule has 0 saturated carbocycles. The number of hydrogen-bond donors (Lipinski definition) is 1. The maximum Gasteiger partial charge on any atom is 0.291 e. The van der Waals surface area contributed by atoms with Crippen molar-refractivity contribution >= 4 is 34.2 Å². The highest BCUT2D eigenvalue weighted by Gasteiger charge is 2.17. The monoisotopic (exact) mass is 429 g/mol. The standard InChI is InChI=1S/C19H16IN3O/c20-16-11-9-15(10-12-16)14-23(22-17-6-2-1-3-7-17)19(24)18-8-4-5-13-21-18/h1-13,22H,14H2. The van der Waals surface area contributed by atoms with Gasteiger partial charge < -0.3 is 0 Å². The maximum atomic E-state index is 12.8. The van der Waals surface area contributed by atoms with Crippen LogP contribution in [-0.4, -0.2) is 15.9 Å². The summed E-state index contributed by atoms with van der Waals surface area (Å²) in [5, 5.41) is 1.58. The number of pyridine rings is 1. The fourth-order valence-electron chi connectivity index (χ4n) is 2.23. The zero-order chi connectivity index (χ0) is 16.8. The second-order valence-electron chi connectivity index (χ2n) is 5.21. The van der Waals surface area contributed by atoms with Crippen molar-refractivity contribution in [3.05, 3.63) is 93.8 Å². The van der Waals surface area contributed by atoms with E-state index in [2.05, 4.69) is 33.0 Å². The van der Waals surface area contributed by atoms with Crippen LogP contribution in [0.25, 0.3) is 0 Å². The molecule has 0 atom stereocenters. The van der Waals surface area contributed by atoms with Gasteiger partial charge in [0, 0.05) is 9.77 Å². The summed E-state index contributed by atoms with van der Waals surface area (Å²) in [6.07, 6.45) is 1.62. The van der Waals surface area contributed by atoms with Gasteiger partial charge in [-0.25, -0.2) is 5.01 Å². The molecule has 0 radical (unpaired) electrons. The van der Waals surface area contributed by atoms with Crippen LogP contribution in [0.3, 0.4) is 0 Å². The number of carbonyl (C=O) groups excluding carboxylic acids is 1. The van der Waals surface area contributed by atoms with E-state index in [0.29, 0.717) is 12.2 Å². The summed E-state index contributed by atoms with van der Waals surface area (Å²) in [5.41, 5.74) is 5.49. The van der Waals surface area contributed by atoms with Gasteiger partial charge in [-0.15, -0.1) is 0 Å². The average molecular weight is 429 g/mol. The molecule has 0 aliphatic rings. The van der Waals surface area contributed by atoms with Crippen LogP contribution in [-0.2, 0) is 6.54 Å². The van der Waals surface area contributed by atoms with Gasteiger partial charge in [-0.2, -0.15) is 0 Å². The third kappa shape index (κ3) is 4.32. The van der Waals surface area contributed by atoms with Gasteiger partial charge in [0.05, 0.1) is 12.2 Å². The van der Waals surface area contributed by atoms with Crippen molar-refractivity contribution in [3.8, 4) is 0 Å². The molecule has 0 unspecified atom stereocenters. The van der Waals surface area contributed by atoms with Crippen LogP contribution in [0.1, 0.15) is 16.1 Å². The van der Waals surface area contributed by atoms with Gasteiger partial charge >= 0.3 is 0 Å². The van der Waals surface area contributed by atoms with E-state index in [1.807, 2.05) is 60.7 Å². The van der Waals surface area contributed by atoms with Gasteiger partial charge in [-0.1, -0.05) is 36.4 Å². The zero-order valence-electron chi connectivity index (χ0n) is 12.9. The zero-order valence-corrected chi connectivity index (χ0v) is 15.1. The first-order chi connectivity index (χ1) is 11.7. The summed E-state index contributed by atoms with van der Waals surface area (Å²) in [7, 11) is 0. The van der Waals surface area contributed by atoms with Gasteiger partial charge in [0.15, 0.2) is 0 Å². The molecule has 120 valence electrons. The molecule has 0 aliphatic heterocycles. The molecule has 1 heterocycles. The van der Waals surface area contributed by atoms with Crippen LogP contribution in [0.15, 0.2) is 79.0 Å². The molecular weight excluding hydrogens is 413 g/mol. The van der Waals surface area contributed by atoms with E-state index < -0.39 is 0 Å². The molecule has 5 heteroatoms. The van der Waals surface area contributed by atoms with Gasteiger partial charge in [0.2, 0.25) is 0 Å². The summed E-state index contributed by atoms with van der Waals surface area (Å²) >= 11 is 2.27. The highest BCUT2D eigenvalue weighted by Crippen LogP contribution is 2.14. The van der Waals surface area contributed by atoms with E-state index in [0.717, 1.165) is 14.8 Å². The molecule has 0 bridgehead atoms. The number of aromatic nitrogens is 1. The number of anilines is 1. The number of hydrogen-bond acceptors (Lipinski definition) is 3. The van der Waals surface area contributed by atoms with E-state index in [4.69, 9.17) is 0 Å². The number of amides is 1. The van der Waals surface area contributed by atoms with Crippen molar-refractivity contribution in [2.45, 2.75) is 6.54 Å². The van der Waals surface area contributed by atoms with Crippen molar-refractivity contribution in [2.24, 2.45) is 0 Å². The molecule has 1 amide bonds. The number of hydrazine groups is 1. The van der Waals surface area contributed by atoms with Crippen LogP contribution in [0.5, 0.6) is 0 Å². The SMILES string of the molecule is O=C(c1ccccn1)N(Cc1ccc(I)cc1)Nc1ccccc1. The molecule has 24 heavy (non-hydrogen) atoms. The van der Waals surface area contributed by atoms with Crippen molar-refractivity contribution in [2.75, 3.05) is 5.43 Å². The lowest BCUT2D eigenvalue weighted by Gasteiger charge is -2.24. The van der Waals surface area contributed by atoms with E-state index in [1.54, 1.807) is 23.3 Å². The number of benzene rings is 2. The summed E-state index contributed by atoms with van der Waals surface area (Å²) in [4.78, 5) is 17.0. The molecule has 0 aliphatic carbocycles. The third-order valence-corrected chi connectivity index (χ3v) is 4.14. The lowest BCUT2D eigenvalue weighted by Crippen LogP contribution is -2.36. The molecular formula is C19H16IN3O. The fourth-order valence-corrected chi connectivity index (χ4v) is 2.59. The molecule has 0 spiro atoms. The first kappa shape index (κ1) is 16.4. The minimum absolute atomic E-state index is 0.169. The van der Waals surface area contributed by atoms with Crippen molar-refractivity contribution in [1.29, 1.82) is 0 Å². The van der Waals surface area contributed by atoms with Crippen LogP contribution in [0.2, 0.25) is 0 Å². The molecule has 4 nitrogen and oxygen atoms in total. The lowest BCUT2D eigenvalue weighted by atomic mass is 10.2. The quantitative estimate of drug-likeness (QED) is 0.485. The Morgan fingerprint density at radius 2 is 1.67 bits per heavy atom. The molecule has 1 N–H and O–H groups in total. The Labute approximate surface area is 154 Å². The van der Waals surface area contributed by atoms with Crippen LogP contribution in [0.4, 0.5) is 5.69 Å². The molecule has 0 fully saturated rings. The lowest BCUT2D eigenvalue weighted by molar-refractivity contribution is 0.0777. The first-order valence-corrected chi connectivity index (χ1v) is 8.59. The van der Waals surface area contributed by atoms with Crippen molar-refractivity contribution in [1.82, 2.24) is 9.99 Å². The van der Waals surface area contributed by atoms with Crippen LogP contribution < -0.4 is 5.43 Å². The van der Waals surface area contributed by atoms with Gasteiger partial charge in [0.1, 0.15) is 5.69 Å². The number of rotatable bonds is 5. The minimum Gasteiger partial charge on any atom is -0.295 e. The van der Waals surface area contributed by atoms with E-state index >= 15 is 0 Å². The molecule has 2 aromatic carbocycles. The molecule has 3 rings (SSSR count). The Bertz CT molecular complexity index is 792. The Morgan fingerprint density at radius 3 is 2.33 bits per heavy atom. The van der Waals surface area contributed by atoms with E-state index in [1.165, 1.54) is 0 Å². The maximum absolute atomic E-state index is 12.8. The normalized spacial score (nSPS) is 10.2. The first-order valence-electron chi connectivity index (χ1n) is 7.51. The minimum atomic E-state index is -0.169. The van der Waals surface area contributed by atoms with Crippen molar-refractivity contribution in [3.63, 3.8) is 0 Å². The summed E-state index contributed by atoms with van der Waals surface area (Å²) < 4.78 is 1.16. The Hall–Kier alpha value is -2.41. The van der Waals surface area contributed by atoms with Crippen LogP contribution >= 0.6 is 22.6 Å². The highest BCUT2D eigenvalue weighted by molar-refractivity contribution is 14.1. The predicted molar refractivity (Wildman–Crippen MR) is 103 cm³/mol. The second-order valence-corrected chi connectivity index (χ2v) is 6.46. The Kier molecular flexibility index (Phi) is 5.43.